The van der Waals surface area contributed by atoms with Gasteiger partial charge in [-0.1, -0.05) is 12.1 Å². The van der Waals surface area contributed by atoms with E-state index in [2.05, 4.69) is 15.6 Å². The van der Waals surface area contributed by atoms with Crippen LogP contribution in [-0.4, -0.2) is 10.9 Å². The van der Waals surface area contributed by atoms with Crippen molar-refractivity contribution in [3.63, 3.8) is 0 Å². The lowest BCUT2D eigenvalue weighted by molar-refractivity contribution is -0.115. The molecule has 5 nitrogen and oxygen atoms in total. The van der Waals surface area contributed by atoms with Gasteiger partial charge < -0.3 is 16.4 Å². The van der Waals surface area contributed by atoms with Crippen molar-refractivity contribution in [1.82, 2.24) is 4.98 Å². The average molecular weight is 268 g/mol. The van der Waals surface area contributed by atoms with Crippen LogP contribution in [0.5, 0.6) is 0 Å². The quantitative estimate of drug-likeness (QED) is 0.796. The van der Waals surface area contributed by atoms with E-state index in [1.807, 2.05) is 37.3 Å². The van der Waals surface area contributed by atoms with E-state index in [1.165, 1.54) is 0 Å². The van der Waals surface area contributed by atoms with E-state index in [9.17, 15) is 4.79 Å². The number of benzene rings is 1. The molecule has 3 rings (SSSR count). The van der Waals surface area contributed by atoms with Crippen LogP contribution in [0.3, 0.4) is 0 Å². The van der Waals surface area contributed by atoms with Crippen LogP contribution in [0.1, 0.15) is 16.8 Å². The number of aryl methyl sites for hydroxylation is 1. The number of hydrogen-bond donors (Lipinski definition) is 3. The SMILES string of the molecule is Cc1nc(NCc2ccc3c(c2)CC(=O)N3)ccc1N. The van der Waals surface area contributed by atoms with Crippen molar-refractivity contribution in [2.75, 3.05) is 16.4 Å². The molecule has 2 heterocycles. The normalized spacial score (nSPS) is 12.9. The van der Waals surface area contributed by atoms with Crippen LogP contribution < -0.4 is 16.4 Å². The van der Waals surface area contributed by atoms with E-state index in [4.69, 9.17) is 5.73 Å². The molecule has 1 aromatic heterocycles. The van der Waals surface area contributed by atoms with Gasteiger partial charge in [-0.25, -0.2) is 4.98 Å². The van der Waals surface area contributed by atoms with Crippen LogP contribution >= 0.6 is 0 Å². The molecule has 0 radical (unpaired) electrons. The smallest absolute Gasteiger partial charge is 0.228 e. The van der Waals surface area contributed by atoms with Crippen LogP contribution in [0.4, 0.5) is 17.2 Å². The molecule has 0 spiro atoms. The summed E-state index contributed by atoms with van der Waals surface area (Å²) in [6.45, 7) is 2.55. The van der Waals surface area contributed by atoms with Crippen molar-refractivity contribution >= 4 is 23.1 Å². The Balaban J connectivity index is 1.71. The number of rotatable bonds is 3. The van der Waals surface area contributed by atoms with Gasteiger partial charge in [0.25, 0.3) is 0 Å². The largest absolute Gasteiger partial charge is 0.397 e. The summed E-state index contributed by atoms with van der Waals surface area (Å²) in [5.74, 6) is 0.854. The third-order valence-corrected chi connectivity index (χ3v) is 3.40. The summed E-state index contributed by atoms with van der Waals surface area (Å²) in [5, 5.41) is 6.09. The number of nitrogen functional groups attached to an aromatic ring is 1. The molecule has 0 unspecified atom stereocenters. The topological polar surface area (TPSA) is 80.0 Å². The number of nitrogens with zero attached hydrogens (tertiary/aromatic N) is 1. The summed E-state index contributed by atoms with van der Waals surface area (Å²) < 4.78 is 0. The van der Waals surface area contributed by atoms with Crippen LogP contribution in [0.15, 0.2) is 30.3 Å². The number of carbonyl (C=O) groups excluding carboxylic acids is 1. The number of nitrogens with one attached hydrogen (secondary N) is 2. The molecule has 0 fully saturated rings. The number of anilines is 3. The molecule has 1 aromatic carbocycles. The van der Waals surface area contributed by atoms with Crippen LogP contribution in [0.25, 0.3) is 0 Å². The predicted octanol–water partition coefficient (Wildman–Crippen LogP) is 2.08. The van der Waals surface area contributed by atoms with Crippen molar-refractivity contribution in [2.24, 2.45) is 0 Å². The van der Waals surface area contributed by atoms with Crippen LogP contribution in [-0.2, 0) is 17.8 Å². The number of hydrogen-bond acceptors (Lipinski definition) is 4. The number of aromatic nitrogens is 1. The summed E-state index contributed by atoms with van der Waals surface area (Å²) >= 11 is 0. The molecule has 0 bridgehead atoms. The fourth-order valence-electron chi connectivity index (χ4n) is 2.26. The number of amides is 1. The van der Waals surface area contributed by atoms with Gasteiger partial charge >= 0.3 is 0 Å². The van der Waals surface area contributed by atoms with Crippen molar-refractivity contribution in [2.45, 2.75) is 19.9 Å². The number of pyridine rings is 1. The molecule has 4 N–H and O–H groups in total. The van der Waals surface area contributed by atoms with Crippen molar-refractivity contribution in [3.05, 3.63) is 47.2 Å². The maximum absolute atomic E-state index is 11.3. The Morgan fingerprint density at radius 1 is 1.35 bits per heavy atom. The van der Waals surface area contributed by atoms with Gasteiger partial charge in [0, 0.05) is 12.2 Å². The first-order chi connectivity index (χ1) is 9.61. The minimum atomic E-state index is 0.0564. The molecule has 1 aliphatic rings. The zero-order valence-corrected chi connectivity index (χ0v) is 11.2. The third kappa shape index (κ3) is 2.42. The van der Waals surface area contributed by atoms with Gasteiger partial charge in [-0.3, -0.25) is 4.79 Å². The highest BCUT2D eigenvalue weighted by Gasteiger charge is 2.17. The molecule has 102 valence electrons. The molecule has 5 heteroatoms. The molecule has 0 aliphatic carbocycles. The molecule has 0 saturated heterocycles. The van der Waals surface area contributed by atoms with E-state index in [0.717, 1.165) is 28.3 Å². The lowest BCUT2D eigenvalue weighted by atomic mass is 10.1. The Bertz CT molecular complexity index is 682. The zero-order chi connectivity index (χ0) is 14.1. The number of nitrogens with two attached hydrogens (primary N) is 1. The standard InChI is InChI=1S/C15H16N4O/c1-9-12(16)3-5-14(18-9)17-8-10-2-4-13-11(6-10)7-15(20)19-13/h2-6H,7-8,16H2,1H3,(H,17,18)(H,19,20). The fraction of sp³-hybridized carbons (Fsp3) is 0.200. The molecule has 2 aromatic rings. The highest BCUT2D eigenvalue weighted by Crippen LogP contribution is 2.24. The average Bonchev–Trinajstić information content (AvgIpc) is 2.79. The summed E-state index contributed by atoms with van der Waals surface area (Å²) in [6, 6.07) is 9.70. The molecule has 1 amide bonds. The minimum absolute atomic E-state index is 0.0564. The second kappa shape index (κ2) is 4.85. The monoisotopic (exact) mass is 268 g/mol. The highest BCUT2D eigenvalue weighted by atomic mass is 16.1. The molecule has 1 aliphatic heterocycles. The van der Waals surface area contributed by atoms with Crippen LogP contribution in [0.2, 0.25) is 0 Å². The first kappa shape index (κ1) is 12.5. The maximum Gasteiger partial charge on any atom is 0.228 e. The van der Waals surface area contributed by atoms with E-state index in [0.29, 0.717) is 18.7 Å². The summed E-state index contributed by atoms with van der Waals surface area (Å²) in [5.41, 5.74) is 10.3. The third-order valence-electron chi connectivity index (χ3n) is 3.40. The van der Waals surface area contributed by atoms with Crippen LogP contribution in [0, 0.1) is 6.92 Å². The first-order valence-electron chi connectivity index (χ1n) is 6.50. The van der Waals surface area contributed by atoms with Gasteiger partial charge in [0.1, 0.15) is 5.82 Å². The lowest BCUT2D eigenvalue weighted by Gasteiger charge is -2.08. The van der Waals surface area contributed by atoms with Gasteiger partial charge in [0.2, 0.25) is 5.91 Å². The van der Waals surface area contributed by atoms with Gasteiger partial charge in [0.15, 0.2) is 0 Å². The number of fused-ring (bicyclic) bond motifs is 1. The predicted molar refractivity (Wildman–Crippen MR) is 79.5 cm³/mol. The minimum Gasteiger partial charge on any atom is -0.397 e. The first-order valence-corrected chi connectivity index (χ1v) is 6.50. The maximum atomic E-state index is 11.3. The highest BCUT2D eigenvalue weighted by molar-refractivity contribution is 5.99. The van der Waals surface area contributed by atoms with Gasteiger partial charge in [0.05, 0.1) is 17.8 Å². The molecule has 0 saturated carbocycles. The molecule has 0 atom stereocenters. The van der Waals surface area contributed by atoms with Crippen molar-refractivity contribution < 1.29 is 4.79 Å². The second-order valence-corrected chi connectivity index (χ2v) is 4.94. The summed E-state index contributed by atoms with van der Waals surface area (Å²) in [7, 11) is 0. The van der Waals surface area contributed by atoms with E-state index >= 15 is 0 Å². The summed E-state index contributed by atoms with van der Waals surface area (Å²) in [4.78, 5) is 15.7. The molecular formula is C15H16N4O. The Morgan fingerprint density at radius 3 is 3.00 bits per heavy atom. The zero-order valence-electron chi connectivity index (χ0n) is 11.2. The van der Waals surface area contributed by atoms with Gasteiger partial charge in [-0.05, 0) is 36.2 Å². The second-order valence-electron chi connectivity index (χ2n) is 4.94. The lowest BCUT2D eigenvalue weighted by Crippen LogP contribution is -2.03. The Kier molecular flexibility index (Phi) is 3.02. The van der Waals surface area contributed by atoms with Gasteiger partial charge in [-0.2, -0.15) is 0 Å². The Hall–Kier alpha value is -2.56. The number of carbonyl (C=O) groups is 1. The summed E-state index contributed by atoms with van der Waals surface area (Å²) in [6.07, 6.45) is 0.461. The van der Waals surface area contributed by atoms with E-state index in [1.54, 1.807) is 0 Å². The Labute approximate surface area is 117 Å². The van der Waals surface area contributed by atoms with Gasteiger partial charge in [-0.15, -0.1) is 0 Å². The van der Waals surface area contributed by atoms with E-state index < -0.39 is 0 Å². The van der Waals surface area contributed by atoms with E-state index in [-0.39, 0.29) is 5.91 Å². The molecular weight excluding hydrogens is 252 g/mol. The van der Waals surface area contributed by atoms with Crippen molar-refractivity contribution in [1.29, 1.82) is 0 Å². The fourth-order valence-corrected chi connectivity index (χ4v) is 2.26. The Morgan fingerprint density at radius 2 is 2.20 bits per heavy atom. The molecule has 20 heavy (non-hydrogen) atoms. The van der Waals surface area contributed by atoms with Crippen molar-refractivity contribution in [3.8, 4) is 0 Å².